The molecule has 2 aliphatic rings. The molecular formula is C12H22N2O3. The zero-order chi connectivity index (χ0) is 12.1. The third-order valence-corrected chi connectivity index (χ3v) is 3.42. The van der Waals surface area contributed by atoms with Crippen LogP contribution in [0.5, 0.6) is 0 Å². The molecule has 0 aromatic heterocycles. The molecule has 2 fully saturated rings. The first kappa shape index (κ1) is 12.8. The molecule has 0 aliphatic carbocycles. The molecule has 2 atom stereocenters. The molecule has 2 saturated heterocycles. The average Bonchev–Trinajstić information content (AvgIpc) is 2.89. The summed E-state index contributed by atoms with van der Waals surface area (Å²) in [6, 6.07) is -0.161. The predicted molar refractivity (Wildman–Crippen MR) is 63.8 cm³/mol. The van der Waals surface area contributed by atoms with Crippen molar-refractivity contribution >= 4 is 5.91 Å². The molecule has 98 valence electrons. The molecular weight excluding hydrogens is 220 g/mol. The lowest BCUT2D eigenvalue weighted by Crippen LogP contribution is -2.53. The smallest absolute Gasteiger partial charge is 0.242 e. The Morgan fingerprint density at radius 3 is 2.76 bits per heavy atom. The minimum atomic E-state index is -0.161. The molecule has 2 unspecified atom stereocenters. The van der Waals surface area contributed by atoms with Gasteiger partial charge in [-0.2, -0.15) is 0 Å². The maximum Gasteiger partial charge on any atom is 0.242 e. The van der Waals surface area contributed by atoms with E-state index in [4.69, 9.17) is 9.47 Å². The highest BCUT2D eigenvalue weighted by Gasteiger charge is 2.28. The topological polar surface area (TPSA) is 50.8 Å². The molecule has 2 rings (SSSR count). The average molecular weight is 242 g/mol. The van der Waals surface area contributed by atoms with E-state index in [-0.39, 0.29) is 11.9 Å². The SMILES string of the molecule is CCN(CC1CCOC1)C(=O)C1COCCN1. The third-order valence-electron chi connectivity index (χ3n) is 3.42. The number of hydrogen-bond acceptors (Lipinski definition) is 4. The zero-order valence-electron chi connectivity index (χ0n) is 10.5. The maximum atomic E-state index is 12.3. The normalized spacial score (nSPS) is 29.2. The van der Waals surface area contributed by atoms with Crippen LogP contribution >= 0.6 is 0 Å². The highest BCUT2D eigenvalue weighted by molar-refractivity contribution is 5.82. The second-order valence-corrected chi connectivity index (χ2v) is 4.69. The molecule has 0 bridgehead atoms. The molecule has 0 radical (unpaired) electrons. The Morgan fingerprint density at radius 1 is 1.35 bits per heavy atom. The lowest BCUT2D eigenvalue weighted by Gasteiger charge is -2.30. The number of carbonyl (C=O) groups is 1. The van der Waals surface area contributed by atoms with Crippen molar-refractivity contribution in [2.24, 2.45) is 5.92 Å². The van der Waals surface area contributed by atoms with Gasteiger partial charge < -0.3 is 19.7 Å². The van der Waals surface area contributed by atoms with Gasteiger partial charge in [0.05, 0.1) is 19.8 Å². The first-order chi connectivity index (χ1) is 8.31. The number of amides is 1. The Balaban J connectivity index is 1.84. The highest BCUT2D eigenvalue weighted by Crippen LogP contribution is 2.14. The van der Waals surface area contributed by atoms with E-state index < -0.39 is 0 Å². The van der Waals surface area contributed by atoms with Crippen LogP contribution in [-0.4, -0.2) is 62.9 Å². The van der Waals surface area contributed by atoms with Gasteiger partial charge in [-0.3, -0.25) is 4.79 Å². The van der Waals surface area contributed by atoms with Crippen molar-refractivity contribution in [3.63, 3.8) is 0 Å². The minimum absolute atomic E-state index is 0.161. The fraction of sp³-hybridized carbons (Fsp3) is 0.917. The fourth-order valence-corrected chi connectivity index (χ4v) is 2.36. The minimum Gasteiger partial charge on any atom is -0.381 e. The van der Waals surface area contributed by atoms with Gasteiger partial charge in [0, 0.05) is 32.2 Å². The molecule has 2 aliphatic heterocycles. The predicted octanol–water partition coefficient (Wildman–Crippen LogP) is -0.140. The van der Waals surface area contributed by atoms with E-state index in [1.54, 1.807) is 0 Å². The summed E-state index contributed by atoms with van der Waals surface area (Å²) < 4.78 is 10.7. The number of likely N-dealkylation sites (N-methyl/N-ethyl adjacent to an activating group) is 1. The first-order valence-corrected chi connectivity index (χ1v) is 6.49. The number of morpholine rings is 1. The van der Waals surface area contributed by atoms with E-state index >= 15 is 0 Å². The van der Waals surface area contributed by atoms with E-state index in [2.05, 4.69) is 5.32 Å². The first-order valence-electron chi connectivity index (χ1n) is 6.49. The van der Waals surface area contributed by atoms with Gasteiger partial charge >= 0.3 is 0 Å². The Labute approximate surface area is 102 Å². The standard InChI is InChI=1S/C12H22N2O3/c1-2-14(7-10-3-5-16-8-10)12(15)11-9-17-6-4-13-11/h10-11,13H,2-9H2,1H3. The monoisotopic (exact) mass is 242 g/mol. The van der Waals surface area contributed by atoms with Crippen LogP contribution in [-0.2, 0) is 14.3 Å². The van der Waals surface area contributed by atoms with E-state index in [0.717, 1.165) is 39.3 Å². The van der Waals surface area contributed by atoms with Gasteiger partial charge in [0.1, 0.15) is 6.04 Å². The van der Waals surface area contributed by atoms with Crippen LogP contribution in [0.2, 0.25) is 0 Å². The molecule has 5 heteroatoms. The van der Waals surface area contributed by atoms with Gasteiger partial charge in [0.15, 0.2) is 0 Å². The Bertz CT molecular complexity index is 248. The summed E-state index contributed by atoms with van der Waals surface area (Å²) in [6.45, 7) is 7.18. The number of carbonyl (C=O) groups excluding carboxylic acids is 1. The molecule has 1 N–H and O–H groups in total. The van der Waals surface area contributed by atoms with Crippen molar-refractivity contribution in [3.05, 3.63) is 0 Å². The number of nitrogens with one attached hydrogen (secondary N) is 1. The Hall–Kier alpha value is -0.650. The van der Waals surface area contributed by atoms with Crippen LogP contribution in [0.3, 0.4) is 0 Å². The molecule has 0 spiro atoms. The lowest BCUT2D eigenvalue weighted by molar-refractivity contribution is -0.136. The van der Waals surface area contributed by atoms with Crippen molar-refractivity contribution in [1.82, 2.24) is 10.2 Å². The van der Waals surface area contributed by atoms with Crippen LogP contribution in [0, 0.1) is 5.92 Å². The quantitative estimate of drug-likeness (QED) is 0.745. The summed E-state index contributed by atoms with van der Waals surface area (Å²) >= 11 is 0. The summed E-state index contributed by atoms with van der Waals surface area (Å²) in [6.07, 6.45) is 1.07. The third kappa shape index (κ3) is 3.40. The summed E-state index contributed by atoms with van der Waals surface area (Å²) in [4.78, 5) is 14.2. The van der Waals surface area contributed by atoms with E-state index in [0.29, 0.717) is 19.1 Å². The van der Waals surface area contributed by atoms with Gasteiger partial charge in [-0.25, -0.2) is 0 Å². The van der Waals surface area contributed by atoms with E-state index in [1.165, 1.54) is 0 Å². The van der Waals surface area contributed by atoms with Crippen LogP contribution in [0.4, 0.5) is 0 Å². The van der Waals surface area contributed by atoms with E-state index in [9.17, 15) is 4.79 Å². The fourth-order valence-electron chi connectivity index (χ4n) is 2.36. The molecule has 5 nitrogen and oxygen atoms in total. The number of rotatable bonds is 4. The zero-order valence-corrected chi connectivity index (χ0v) is 10.5. The number of ether oxygens (including phenoxy) is 2. The maximum absolute atomic E-state index is 12.3. The summed E-state index contributed by atoms with van der Waals surface area (Å²) in [7, 11) is 0. The molecule has 0 aromatic rings. The largest absolute Gasteiger partial charge is 0.381 e. The second-order valence-electron chi connectivity index (χ2n) is 4.69. The van der Waals surface area contributed by atoms with Crippen LogP contribution in [0.25, 0.3) is 0 Å². The van der Waals surface area contributed by atoms with Gasteiger partial charge in [-0.15, -0.1) is 0 Å². The number of nitrogens with zero attached hydrogens (tertiary/aromatic N) is 1. The lowest BCUT2D eigenvalue weighted by atomic mass is 10.1. The van der Waals surface area contributed by atoms with Crippen LogP contribution in [0.15, 0.2) is 0 Å². The molecule has 1 amide bonds. The Morgan fingerprint density at radius 2 is 2.18 bits per heavy atom. The summed E-state index contributed by atoms with van der Waals surface area (Å²) in [5.74, 6) is 0.669. The molecule has 17 heavy (non-hydrogen) atoms. The van der Waals surface area contributed by atoms with Crippen molar-refractivity contribution < 1.29 is 14.3 Å². The van der Waals surface area contributed by atoms with Crippen molar-refractivity contribution in [3.8, 4) is 0 Å². The van der Waals surface area contributed by atoms with Crippen molar-refractivity contribution in [2.75, 3.05) is 46.1 Å². The van der Waals surface area contributed by atoms with Crippen molar-refractivity contribution in [2.45, 2.75) is 19.4 Å². The van der Waals surface area contributed by atoms with Gasteiger partial charge in [0.25, 0.3) is 0 Å². The summed E-state index contributed by atoms with van der Waals surface area (Å²) in [5, 5.41) is 3.21. The van der Waals surface area contributed by atoms with Crippen LogP contribution < -0.4 is 5.32 Å². The van der Waals surface area contributed by atoms with E-state index in [1.807, 2.05) is 11.8 Å². The van der Waals surface area contributed by atoms with Crippen LogP contribution in [0.1, 0.15) is 13.3 Å². The second kappa shape index (κ2) is 6.33. The molecule has 2 heterocycles. The number of hydrogen-bond donors (Lipinski definition) is 1. The van der Waals surface area contributed by atoms with Gasteiger partial charge in [-0.1, -0.05) is 0 Å². The molecule has 0 aromatic carbocycles. The Kier molecular flexibility index (Phi) is 4.76. The van der Waals surface area contributed by atoms with Gasteiger partial charge in [0.2, 0.25) is 5.91 Å². The summed E-state index contributed by atoms with van der Waals surface area (Å²) in [5.41, 5.74) is 0. The highest BCUT2D eigenvalue weighted by atomic mass is 16.5. The van der Waals surface area contributed by atoms with Gasteiger partial charge in [-0.05, 0) is 13.3 Å². The van der Waals surface area contributed by atoms with Crippen molar-refractivity contribution in [1.29, 1.82) is 0 Å². The molecule has 0 saturated carbocycles.